The number of nitrogens with zero attached hydrogens (tertiary/aromatic N) is 2. The standard InChI is InChI=1S/C20H21F3N2O3.C14H19ClN2O2.C6H3F3O.CH4/c1-2-3-4-7-15(25-20(27)16-8-5-6-11-24-16)17(26)12-28-19-14(22)10-9-13(21)18(19)23;1-2-3-4-7-11(13(18)10-15)17-14(19)12-8-5-6-9-16-12;7-3-1-2-4(8)6(10)5(3)9;/h5-6,8-11,15H,2-4,7,12H2,1H3,(H,25,27);5-6,8-9,11H,2-4,7,10H2,1H3,(H,17,19);1-2,10H;1H4/t15-;11-;;/m00../s1. The Bertz CT molecular complexity index is 1870. The maximum Gasteiger partial charge on any atom is 0.270 e. The third kappa shape index (κ3) is 16.9. The summed E-state index contributed by atoms with van der Waals surface area (Å²) in [6.07, 6.45) is 9.36. The van der Waals surface area contributed by atoms with Crippen LogP contribution in [0.3, 0.4) is 0 Å². The molecule has 0 radical (unpaired) electrons. The average Bonchev–Trinajstić information content (AvgIpc) is 3.22. The number of unbranched alkanes of at least 4 members (excludes halogenated alkanes) is 4. The van der Waals surface area contributed by atoms with E-state index in [9.17, 15) is 45.5 Å². The highest BCUT2D eigenvalue weighted by atomic mass is 35.5. The fourth-order valence-corrected chi connectivity index (χ4v) is 4.96. The summed E-state index contributed by atoms with van der Waals surface area (Å²) in [6.45, 7) is 3.36. The van der Waals surface area contributed by atoms with Crippen LogP contribution in [-0.4, -0.2) is 63.0 Å². The number of ether oxygens (including phenoxy) is 1. The van der Waals surface area contributed by atoms with Gasteiger partial charge in [0.2, 0.25) is 11.6 Å². The predicted molar refractivity (Wildman–Crippen MR) is 207 cm³/mol. The van der Waals surface area contributed by atoms with Gasteiger partial charge in [0.05, 0.1) is 18.0 Å². The molecule has 0 aliphatic carbocycles. The molecule has 0 fully saturated rings. The largest absolute Gasteiger partial charge is 0.503 e. The van der Waals surface area contributed by atoms with Crippen LogP contribution in [0.1, 0.15) is 93.6 Å². The number of Topliss-reactive ketones (excluding diaryl/α,β-unsaturated/α-hetero) is 2. The van der Waals surface area contributed by atoms with E-state index in [0.717, 1.165) is 32.1 Å². The minimum Gasteiger partial charge on any atom is -0.503 e. The van der Waals surface area contributed by atoms with Crippen LogP contribution >= 0.6 is 11.6 Å². The van der Waals surface area contributed by atoms with E-state index in [1.807, 2.05) is 6.92 Å². The summed E-state index contributed by atoms with van der Waals surface area (Å²) >= 11 is 5.57. The predicted octanol–water partition coefficient (Wildman–Crippen LogP) is 8.84. The number of rotatable bonds is 18. The van der Waals surface area contributed by atoms with Gasteiger partial charge in [-0.1, -0.05) is 71.9 Å². The third-order valence-corrected chi connectivity index (χ3v) is 8.15. The number of carbonyl (C=O) groups excluding carboxylic acids is 4. The van der Waals surface area contributed by atoms with Crippen molar-refractivity contribution in [2.75, 3.05) is 12.5 Å². The van der Waals surface area contributed by atoms with E-state index in [1.54, 1.807) is 36.5 Å². The zero-order chi connectivity index (χ0) is 42.3. The Balaban J connectivity index is 0.000000482. The van der Waals surface area contributed by atoms with E-state index in [-0.39, 0.29) is 30.7 Å². The quantitative estimate of drug-likeness (QED) is 0.0390. The first-order chi connectivity index (χ1) is 27.2. The highest BCUT2D eigenvalue weighted by Gasteiger charge is 2.24. The van der Waals surface area contributed by atoms with Crippen molar-refractivity contribution < 1.29 is 55.4 Å². The van der Waals surface area contributed by atoms with Crippen LogP contribution in [0.15, 0.2) is 73.1 Å². The van der Waals surface area contributed by atoms with Crippen LogP contribution in [-0.2, 0) is 9.59 Å². The summed E-state index contributed by atoms with van der Waals surface area (Å²) < 4.78 is 81.7. The first kappa shape index (κ1) is 50.5. The number of ketones is 2. The van der Waals surface area contributed by atoms with Crippen LogP contribution in [0.5, 0.6) is 11.5 Å². The van der Waals surface area contributed by atoms with Gasteiger partial charge in [0, 0.05) is 12.4 Å². The number of aromatic nitrogens is 2. The number of amides is 2. The van der Waals surface area contributed by atoms with Gasteiger partial charge in [-0.15, -0.1) is 11.6 Å². The molecule has 0 aliphatic rings. The number of hydrogen-bond donors (Lipinski definition) is 3. The van der Waals surface area contributed by atoms with Gasteiger partial charge in [0.1, 0.15) is 18.0 Å². The third-order valence-electron chi connectivity index (χ3n) is 7.89. The molecule has 0 saturated heterocycles. The molecule has 3 N–H and O–H groups in total. The number of phenolic OH excluding ortho intramolecular Hbond substituents is 1. The first-order valence-electron chi connectivity index (χ1n) is 17.9. The van der Waals surface area contributed by atoms with Crippen molar-refractivity contribution in [1.82, 2.24) is 20.6 Å². The Morgan fingerprint density at radius 1 is 0.655 bits per heavy atom. The van der Waals surface area contributed by atoms with Crippen LogP contribution in [0.2, 0.25) is 0 Å². The molecule has 0 bridgehead atoms. The number of carbonyl (C=O) groups is 4. The lowest BCUT2D eigenvalue weighted by Gasteiger charge is -2.18. The van der Waals surface area contributed by atoms with Gasteiger partial charge in [-0.3, -0.25) is 29.1 Å². The normalized spacial score (nSPS) is 11.3. The maximum atomic E-state index is 13.7. The van der Waals surface area contributed by atoms with Crippen molar-refractivity contribution >= 4 is 35.0 Å². The number of alkyl halides is 1. The second kappa shape index (κ2) is 27.2. The van der Waals surface area contributed by atoms with Gasteiger partial charge in [-0.05, 0) is 61.4 Å². The number of benzene rings is 2. The molecule has 2 amide bonds. The fraction of sp³-hybridized carbons (Fsp3) is 0.366. The lowest BCUT2D eigenvalue weighted by molar-refractivity contribution is -0.123. The van der Waals surface area contributed by atoms with Gasteiger partial charge < -0.3 is 20.5 Å². The van der Waals surface area contributed by atoms with Gasteiger partial charge in [-0.25, -0.2) is 17.6 Å². The monoisotopic (exact) mass is 840 g/mol. The summed E-state index contributed by atoms with van der Waals surface area (Å²) in [5, 5.41) is 13.7. The first-order valence-corrected chi connectivity index (χ1v) is 18.4. The summed E-state index contributed by atoms with van der Waals surface area (Å²) in [4.78, 5) is 56.3. The number of phenols is 1. The summed E-state index contributed by atoms with van der Waals surface area (Å²) in [5.41, 5.74) is 0.448. The van der Waals surface area contributed by atoms with E-state index in [4.69, 9.17) is 21.4 Å². The highest BCUT2D eigenvalue weighted by molar-refractivity contribution is 6.28. The minimum atomic E-state index is -1.56. The maximum absolute atomic E-state index is 13.7. The number of nitrogens with one attached hydrogen (secondary N) is 2. The molecule has 0 aliphatic heterocycles. The van der Waals surface area contributed by atoms with E-state index < -0.39 is 76.8 Å². The molecule has 316 valence electrons. The second-order valence-corrected chi connectivity index (χ2v) is 12.5. The molecule has 0 unspecified atom stereocenters. The Hall–Kier alpha value is -5.51. The van der Waals surface area contributed by atoms with Crippen molar-refractivity contribution in [2.45, 2.75) is 84.7 Å². The number of pyridine rings is 2. The second-order valence-electron chi connectivity index (χ2n) is 12.2. The van der Waals surface area contributed by atoms with Crippen LogP contribution in [0.4, 0.5) is 26.3 Å². The summed E-state index contributed by atoms with van der Waals surface area (Å²) in [6, 6.07) is 11.0. The minimum absolute atomic E-state index is 0. The van der Waals surface area contributed by atoms with E-state index in [0.29, 0.717) is 49.2 Å². The van der Waals surface area contributed by atoms with Crippen molar-refractivity contribution in [2.24, 2.45) is 0 Å². The molecule has 10 nitrogen and oxygen atoms in total. The smallest absolute Gasteiger partial charge is 0.270 e. The lowest BCUT2D eigenvalue weighted by Crippen LogP contribution is -2.43. The number of aromatic hydroxyl groups is 1. The van der Waals surface area contributed by atoms with Crippen molar-refractivity contribution in [3.05, 3.63) is 119 Å². The molecule has 0 saturated carbocycles. The summed E-state index contributed by atoms with van der Waals surface area (Å²) in [7, 11) is 0. The van der Waals surface area contributed by atoms with Gasteiger partial charge >= 0.3 is 0 Å². The Morgan fingerprint density at radius 3 is 1.53 bits per heavy atom. The zero-order valence-electron chi connectivity index (χ0n) is 31.2. The van der Waals surface area contributed by atoms with Crippen molar-refractivity contribution in [3.63, 3.8) is 0 Å². The zero-order valence-corrected chi connectivity index (χ0v) is 31.9. The molecule has 0 spiro atoms. The van der Waals surface area contributed by atoms with Crippen LogP contribution in [0, 0.1) is 34.9 Å². The highest BCUT2D eigenvalue weighted by Crippen LogP contribution is 2.24. The Labute approximate surface area is 338 Å². The van der Waals surface area contributed by atoms with E-state index >= 15 is 0 Å². The fourth-order valence-electron chi connectivity index (χ4n) is 4.78. The molecular weight excluding hydrogens is 794 g/mol. The molecule has 2 aromatic carbocycles. The number of halogens is 7. The van der Waals surface area contributed by atoms with Gasteiger partial charge in [-0.2, -0.15) is 8.78 Å². The van der Waals surface area contributed by atoms with Crippen molar-refractivity contribution in [3.8, 4) is 11.5 Å². The van der Waals surface area contributed by atoms with Crippen molar-refractivity contribution in [1.29, 1.82) is 0 Å². The Kier molecular flexibility index (Phi) is 23.7. The molecule has 2 heterocycles. The van der Waals surface area contributed by atoms with Gasteiger partial charge in [0.15, 0.2) is 46.3 Å². The average molecular weight is 841 g/mol. The molecule has 58 heavy (non-hydrogen) atoms. The molecule has 4 aromatic rings. The van der Waals surface area contributed by atoms with E-state index in [1.165, 1.54) is 12.3 Å². The lowest BCUT2D eigenvalue weighted by atomic mass is 10.0. The molecule has 2 aromatic heterocycles. The topological polar surface area (TPSA) is 148 Å². The van der Waals surface area contributed by atoms with Crippen LogP contribution in [0.25, 0.3) is 0 Å². The van der Waals surface area contributed by atoms with E-state index in [2.05, 4.69) is 27.5 Å². The molecular formula is C41H47ClF6N4O6. The molecule has 4 rings (SSSR count). The Morgan fingerprint density at radius 2 is 1.10 bits per heavy atom. The summed E-state index contributed by atoms with van der Waals surface area (Å²) in [5.74, 6) is -11.8. The van der Waals surface area contributed by atoms with Crippen LogP contribution < -0.4 is 15.4 Å². The molecule has 2 atom stereocenters. The van der Waals surface area contributed by atoms with Gasteiger partial charge in [0.25, 0.3) is 11.8 Å². The molecule has 17 heteroatoms. The SMILES string of the molecule is C.CCCCC[C@H](NC(=O)c1ccccn1)C(=O)CCl.CCCCC[C@H](NC(=O)c1ccccn1)C(=O)COc1c(F)ccc(F)c1F.Oc1c(F)ccc(F)c1F. The number of hydrogen-bond acceptors (Lipinski definition) is 8.